The highest BCUT2D eigenvalue weighted by molar-refractivity contribution is 6.32. The second-order valence-electron chi connectivity index (χ2n) is 5.54. The lowest BCUT2D eigenvalue weighted by atomic mass is 10.2. The first-order valence-corrected chi connectivity index (χ1v) is 8.50. The normalized spacial score (nSPS) is 10.8. The van der Waals surface area contributed by atoms with Gasteiger partial charge < -0.3 is 20.1 Å². The summed E-state index contributed by atoms with van der Waals surface area (Å²) >= 11 is 6.16. The van der Waals surface area contributed by atoms with Crippen LogP contribution in [0, 0.1) is 5.92 Å². The van der Waals surface area contributed by atoms with Crippen molar-refractivity contribution < 1.29 is 19.1 Å². The van der Waals surface area contributed by atoms with Gasteiger partial charge in [0, 0.05) is 25.1 Å². The third-order valence-electron chi connectivity index (χ3n) is 3.21. The van der Waals surface area contributed by atoms with Gasteiger partial charge in [0.05, 0.1) is 18.7 Å². The summed E-state index contributed by atoms with van der Waals surface area (Å²) in [5.41, 5.74) is 0.720. The molecule has 2 amide bonds. The van der Waals surface area contributed by atoms with Gasteiger partial charge in [-0.05, 0) is 30.7 Å². The molecule has 0 fully saturated rings. The molecule has 0 atom stereocenters. The van der Waals surface area contributed by atoms with E-state index < -0.39 is 0 Å². The molecule has 0 unspecified atom stereocenters. The fourth-order valence-corrected chi connectivity index (χ4v) is 2.25. The molecule has 0 spiro atoms. The van der Waals surface area contributed by atoms with E-state index in [0.29, 0.717) is 36.2 Å². The van der Waals surface area contributed by atoms with Crippen LogP contribution >= 0.6 is 11.6 Å². The van der Waals surface area contributed by atoms with E-state index in [1.54, 1.807) is 18.2 Å². The SMILES string of the molecule is CCOc1cc(/C=C/C(=O)NCCNC(=O)C(C)C)cc(Cl)c1OC. The minimum Gasteiger partial charge on any atom is -0.491 e. The first kappa shape index (κ1) is 20.8. The molecule has 1 aromatic rings. The van der Waals surface area contributed by atoms with Crippen molar-refractivity contribution in [2.75, 3.05) is 26.8 Å². The second-order valence-corrected chi connectivity index (χ2v) is 5.94. The molecule has 2 N–H and O–H groups in total. The molecule has 0 aliphatic heterocycles. The van der Waals surface area contributed by atoms with Gasteiger partial charge in [-0.1, -0.05) is 25.4 Å². The fourth-order valence-electron chi connectivity index (χ4n) is 1.95. The van der Waals surface area contributed by atoms with Gasteiger partial charge in [0.1, 0.15) is 0 Å². The molecule has 0 saturated carbocycles. The molecule has 6 nitrogen and oxygen atoms in total. The number of methoxy groups -OCH3 is 1. The monoisotopic (exact) mass is 368 g/mol. The van der Waals surface area contributed by atoms with Crippen molar-refractivity contribution in [1.29, 1.82) is 0 Å². The van der Waals surface area contributed by atoms with E-state index in [-0.39, 0.29) is 17.7 Å². The Bertz CT molecular complexity index is 630. The van der Waals surface area contributed by atoms with E-state index in [9.17, 15) is 9.59 Å². The van der Waals surface area contributed by atoms with Crippen LogP contribution < -0.4 is 20.1 Å². The molecule has 138 valence electrons. The van der Waals surface area contributed by atoms with Crippen molar-refractivity contribution in [3.05, 3.63) is 28.8 Å². The van der Waals surface area contributed by atoms with Crippen LogP contribution in [0.1, 0.15) is 26.3 Å². The second kappa shape index (κ2) is 10.6. The van der Waals surface area contributed by atoms with Gasteiger partial charge in [-0.2, -0.15) is 0 Å². The predicted molar refractivity (Wildman–Crippen MR) is 99.1 cm³/mol. The van der Waals surface area contributed by atoms with Crippen LogP contribution in [0.15, 0.2) is 18.2 Å². The number of carbonyl (C=O) groups excluding carboxylic acids is 2. The summed E-state index contributed by atoms with van der Waals surface area (Å²) in [6, 6.07) is 3.44. The third-order valence-corrected chi connectivity index (χ3v) is 3.49. The van der Waals surface area contributed by atoms with E-state index >= 15 is 0 Å². The minimum absolute atomic E-state index is 0.0406. The van der Waals surface area contributed by atoms with E-state index in [4.69, 9.17) is 21.1 Å². The molecule has 0 radical (unpaired) electrons. The van der Waals surface area contributed by atoms with E-state index in [0.717, 1.165) is 5.56 Å². The number of hydrogen-bond donors (Lipinski definition) is 2. The number of nitrogens with one attached hydrogen (secondary N) is 2. The van der Waals surface area contributed by atoms with Gasteiger partial charge in [-0.25, -0.2) is 0 Å². The summed E-state index contributed by atoms with van der Waals surface area (Å²) in [6.45, 7) is 6.71. The first-order valence-electron chi connectivity index (χ1n) is 8.13. The molecule has 1 rings (SSSR count). The summed E-state index contributed by atoms with van der Waals surface area (Å²) in [4.78, 5) is 23.2. The van der Waals surface area contributed by atoms with Crippen molar-refractivity contribution in [2.24, 2.45) is 5.92 Å². The number of rotatable bonds is 9. The predicted octanol–water partition coefficient (Wildman–Crippen LogP) is 2.65. The Morgan fingerprint density at radius 3 is 2.52 bits per heavy atom. The number of benzene rings is 1. The Hall–Kier alpha value is -2.21. The fraction of sp³-hybridized carbons (Fsp3) is 0.444. The molecule has 0 heterocycles. The molecule has 7 heteroatoms. The van der Waals surface area contributed by atoms with E-state index in [1.165, 1.54) is 13.2 Å². The first-order chi connectivity index (χ1) is 11.9. The van der Waals surface area contributed by atoms with Crippen molar-refractivity contribution in [1.82, 2.24) is 10.6 Å². The zero-order valence-electron chi connectivity index (χ0n) is 15.0. The van der Waals surface area contributed by atoms with Crippen LogP contribution in [0.5, 0.6) is 11.5 Å². The summed E-state index contributed by atoms with van der Waals surface area (Å²) in [6.07, 6.45) is 3.04. The summed E-state index contributed by atoms with van der Waals surface area (Å²) < 4.78 is 10.7. The van der Waals surface area contributed by atoms with Crippen LogP contribution in [0.2, 0.25) is 5.02 Å². The van der Waals surface area contributed by atoms with E-state index in [2.05, 4.69) is 10.6 Å². The highest BCUT2D eigenvalue weighted by atomic mass is 35.5. The molecular formula is C18H25ClN2O4. The average Bonchev–Trinajstić information content (AvgIpc) is 2.56. The Labute approximate surface area is 153 Å². The van der Waals surface area contributed by atoms with Crippen molar-refractivity contribution in [2.45, 2.75) is 20.8 Å². The summed E-state index contributed by atoms with van der Waals surface area (Å²) in [5, 5.41) is 5.83. The van der Waals surface area contributed by atoms with Crippen LogP contribution in [0.4, 0.5) is 0 Å². The lowest BCUT2D eigenvalue weighted by molar-refractivity contribution is -0.124. The highest BCUT2D eigenvalue weighted by Gasteiger charge is 2.10. The van der Waals surface area contributed by atoms with Gasteiger partial charge in [0.25, 0.3) is 0 Å². The molecule has 1 aromatic carbocycles. The summed E-state index contributed by atoms with van der Waals surface area (Å²) in [5.74, 6) is 0.611. The highest BCUT2D eigenvalue weighted by Crippen LogP contribution is 2.36. The van der Waals surface area contributed by atoms with Gasteiger partial charge in [-0.15, -0.1) is 0 Å². The van der Waals surface area contributed by atoms with Crippen LogP contribution in [-0.2, 0) is 9.59 Å². The lowest BCUT2D eigenvalue weighted by Crippen LogP contribution is -2.35. The van der Waals surface area contributed by atoms with E-state index in [1.807, 2.05) is 20.8 Å². The lowest BCUT2D eigenvalue weighted by Gasteiger charge is -2.11. The Morgan fingerprint density at radius 2 is 1.92 bits per heavy atom. The largest absolute Gasteiger partial charge is 0.491 e. The topological polar surface area (TPSA) is 76.7 Å². The smallest absolute Gasteiger partial charge is 0.244 e. The van der Waals surface area contributed by atoms with Crippen LogP contribution in [0.3, 0.4) is 0 Å². The van der Waals surface area contributed by atoms with Crippen LogP contribution in [-0.4, -0.2) is 38.6 Å². The van der Waals surface area contributed by atoms with Crippen molar-refractivity contribution in [3.63, 3.8) is 0 Å². The number of hydrogen-bond acceptors (Lipinski definition) is 4. The molecule has 25 heavy (non-hydrogen) atoms. The standard InChI is InChI=1S/C18H25ClN2O4/c1-5-25-15-11-13(10-14(19)17(15)24-4)6-7-16(22)20-8-9-21-18(23)12(2)3/h6-7,10-12H,5,8-9H2,1-4H3,(H,20,22)(H,21,23)/b7-6+. The van der Waals surface area contributed by atoms with Gasteiger partial charge in [0.15, 0.2) is 11.5 Å². The Kier molecular flexibility index (Phi) is 8.84. The Balaban J connectivity index is 2.60. The molecular weight excluding hydrogens is 344 g/mol. The third kappa shape index (κ3) is 7.05. The number of carbonyl (C=O) groups is 2. The van der Waals surface area contributed by atoms with Crippen molar-refractivity contribution in [3.8, 4) is 11.5 Å². The number of ether oxygens (including phenoxy) is 2. The number of halogens is 1. The average molecular weight is 369 g/mol. The zero-order valence-corrected chi connectivity index (χ0v) is 15.8. The molecule has 0 aliphatic rings. The van der Waals surface area contributed by atoms with Gasteiger partial charge in [-0.3, -0.25) is 9.59 Å². The van der Waals surface area contributed by atoms with Gasteiger partial charge in [0.2, 0.25) is 11.8 Å². The van der Waals surface area contributed by atoms with Crippen molar-refractivity contribution >= 4 is 29.5 Å². The molecule has 0 aliphatic carbocycles. The Morgan fingerprint density at radius 1 is 1.24 bits per heavy atom. The maximum Gasteiger partial charge on any atom is 0.244 e. The molecule has 0 saturated heterocycles. The quantitative estimate of drug-likeness (QED) is 0.519. The minimum atomic E-state index is -0.260. The molecule has 0 bridgehead atoms. The van der Waals surface area contributed by atoms with Gasteiger partial charge >= 0.3 is 0 Å². The maximum absolute atomic E-state index is 11.8. The molecule has 0 aromatic heterocycles. The number of amides is 2. The van der Waals surface area contributed by atoms with Crippen LogP contribution in [0.25, 0.3) is 6.08 Å². The maximum atomic E-state index is 11.8. The zero-order chi connectivity index (χ0) is 18.8. The summed E-state index contributed by atoms with van der Waals surface area (Å²) in [7, 11) is 1.52.